The van der Waals surface area contributed by atoms with E-state index in [-0.39, 0.29) is 41.3 Å². The number of nitrogens with one attached hydrogen (secondary N) is 1. The number of halogens is 6. The molecule has 4 rings (SSSR count). The number of methoxy groups -OCH3 is 1. The Morgan fingerprint density at radius 2 is 1.56 bits per heavy atom. The van der Waals surface area contributed by atoms with Gasteiger partial charge in [-0.1, -0.05) is 19.1 Å². The second-order valence-electron chi connectivity index (χ2n) is 10.9. The lowest BCUT2D eigenvalue weighted by atomic mass is 10.0. The maximum Gasteiger partial charge on any atom is 0.522 e. The smallest absolute Gasteiger partial charge is 0.489 e. The van der Waals surface area contributed by atoms with Gasteiger partial charge in [-0.15, -0.1) is 13.2 Å². The van der Waals surface area contributed by atoms with Crippen molar-refractivity contribution in [2.45, 2.75) is 55.4 Å². The van der Waals surface area contributed by atoms with Crippen molar-refractivity contribution in [2.24, 2.45) is 0 Å². The highest BCUT2D eigenvalue weighted by molar-refractivity contribution is 7.91. The van der Waals surface area contributed by atoms with Crippen molar-refractivity contribution in [3.8, 4) is 5.75 Å². The molecule has 1 fully saturated rings. The molecule has 0 unspecified atom stereocenters. The highest BCUT2D eigenvalue weighted by Gasteiger charge is 2.38. The number of nitrogens with zero attached hydrogens (tertiary/aromatic N) is 1. The maximum absolute atomic E-state index is 13.2. The SMILES string of the molecule is CCS(=O)(=O)c1ccc([C@H](CC(=O)OC)NC(=O)c2ccc(N3C[C@@H](Oc4ccc(C(F)(F)F)cc4)C[C@H]3COC(F)(F)F)cc2)cc1. The number of benzene rings is 3. The van der Waals surface area contributed by atoms with Crippen LogP contribution in [0.5, 0.6) is 5.75 Å². The van der Waals surface area contributed by atoms with Gasteiger partial charge in [0.1, 0.15) is 11.9 Å². The van der Waals surface area contributed by atoms with E-state index < -0.39 is 64.6 Å². The number of carbonyl (C=O) groups is 2. The van der Waals surface area contributed by atoms with E-state index in [1.54, 1.807) is 4.90 Å². The minimum atomic E-state index is -4.90. The van der Waals surface area contributed by atoms with Crippen LogP contribution in [0.25, 0.3) is 0 Å². The topological polar surface area (TPSA) is 111 Å². The molecule has 0 saturated carbocycles. The van der Waals surface area contributed by atoms with Crippen molar-refractivity contribution in [2.75, 3.05) is 30.9 Å². The molecule has 0 bridgehead atoms. The fourth-order valence-corrected chi connectivity index (χ4v) is 6.05. The first-order valence-electron chi connectivity index (χ1n) is 14.6. The molecule has 1 heterocycles. The lowest BCUT2D eigenvalue weighted by molar-refractivity contribution is -0.325. The van der Waals surface area contributed by atoms with Crippen molar-refractivity contribution in [1.29, 1.82) is 0 Å². The minimum absolute atomic E-state index is 0.0624. The molecule has 9 nitrogen and oxygen atoms in total. The number of rotatable bonds is 12. The molecule has 0 radical (unpaired) electrons. The molecular formula is C32H32F6N2O7S. The van der Waals surface area contributed by atoms with Crippen LogP contribution >= 0.6 is 0 Å². The van der Waals surface area contributed by atoms with E-state index in [2.05, 4.69) is 10.1 Å². The number of amides is 1. The van der Waals surface area contributed by atoms with Gasteiger partial charge in [0.15, 0.2) is 9.84 Å². The predicted molar refractivity (Wildman–Crippen MR) is 161 cm³/mol. The number of hydrogen-bond donors (Lipinski definition) is 1. The first-order chi connectivity index (χ1) is 22.5. The summed E-state index contributed by atoms with van der Waals surface area (Å²) in [5.41, 5.74) is 0.155. The molecule has 1 N–H and O–H groups in total. The first kappa shape index (κ1) is 36.5. The molecule has 48 heavy (non-hydrogen) atoms. The number of hydrogen-bond acceptors (Lipinski definition) is 8. The number of alkyl halides is 6. The van der Waals surface area contributed by atoms with Crippen molar-refractivity contribution >= 4 is 27.4 Å². The molecular weight excluding hydrogens is 670 g/mol. The average molecular weight is 703 g/mol. The van der Waals surface area contributed by atoms with Crippen molar-refractivity contribution < 1.29 is 58.6 Å². The highest BCUT2D eigenvalue weighted by Crippen LogP contribution is 2.33. The fourth-order valence-electron chi connectivity index (χ4n) is 5.16. The third-order valence-corrected chi connectivity index (χ3v) is 9.44. The first-order valence-corrected chi connectivity index (χ1v) is 16.3. The number of carbonyl (C=O) groups excluding carboxylic acids is 2. The van der Waals surface area contributed by atoms with E-state index in [9.17, 15) is 44.3 Å². The van der Waals surface area contributed by atoms with E-state index >= 15 is 0 Å². The van der Waals surface area contributed by atoms with E-state index in [4.69, 9.17) is 9.47 Å². The van der Waals surface area contributed by atoms with Crippen LogP contribution < -0.4 is 15.0 Å². The number of esters is 1. The quantitative estimate of drug-likeness (QED) is 0.178. The third-order valence-electron chi connectivity index (χ3n) is 7.69. The molecule has 16 heteroatoms. The summed E-state index contributed by atoms with van der Waals surface area (Å²) in [5.74, 6) is -1.22. The summed E-state index contributed by atoms with van der Waals surface area (Å²) in [4.78, 5) is 27.0. The van der Waals surface area contributed by atoms with Crippen LogP contribution in [0.2, 0.25) is 0 Å². The average Bonchev–Trinajstić information content (AvgIpc) is 3.45. The largest absolute Gasteiger partial charge is 0.522 e. The summed E-state index contributed by atoms with van der Waals surface area (Å²) >= 11 is 0. The van der Waals surface area contributed by atoms with Gasteiger partial charge < -0.3 is 19.7 Å². The Bertz CT molecular complexity index is 1660. The standard InChI is InChI=1S/C32H32F6N2O7S/c1-3-48(43,44)27-14-6-20(7-15-27)28(17-29(41)45-2)39-30(42)21-4-10-23(11-5-21)40-18-26(16-24(40)19-46-32(36,37)38)47-25-12-8-22(9-13-25)31(33,34)35/h4-15,24,26,28H,3,16-19H2,1-2H3,(H,39,42)/t24-,26-,28-/m0/s1. The van der Waals surface area contributed by atoms with Crippen molar-refractivity contribution in [3.05, 3.63) is 89.5 Å². The third kappa shape index (κ3) is 9.62. The zero-order valence-electron chi connectivity index (χ0n) is 25.7. The summed E-state index contributed by atoms with van der Waals surface area (Å²) in [6.07, 6.45) is -10.3. The molecule has 1 aliphatic heterocycles. The van der Waals surface area contributed by atoms with Gasteiger partial charge in [0, 0.05) is 17.7 Å². The van der Waals surface area contributed by atoms with Crippen molar-refractivity contribution in [1.82, 2.24) is 5.32 Å². The lowest BCUT2D eigenvalue weighted by Crippen LogP contribution is -2.35. The number of anilines is 1. The molecule has 3 atom stereocenters. The van der Waals surface area contributed by atoms with Gasteiger partial charge in [0.05, 0.1) is 55.0 Å². The van der Waals surface area contributed by atoms with Crippen LogP contribution in [-0.2, 0) is 30.3 Å². The molecule has 0 aliphatic carbocycles. The fraction of sp³-hybridized carbons (Fsp3) is 0.375. The summed E-state index contributed by atoms with van der Waals surface area (Å²) in [6, 6.07) is 13.9. The van der Waals surface area contributed by atoms with Crippen LogP contribution in [0.15, 0.2) is 77.7 Å². The lowest BCUT2D eigenvalue weighted by Gasteiger charge is -2.27. The van der Waals surface area contributed by atoms with Gasteiger partial charge in [-0.3, -0.25) is 14.3 Å². The maximum atomic E-state index is 13.2. The molecule has 3 aromatic carbocycles. The van der Waals surface area contributed by atoms with Crippen LogP contribution in [0.3, 0.4) is 0 Å². The van der Waals surface area contributed by atoms with Crippen LogP contribution in [0.1, 0.15) is 47.3 Å². The van der Waals surface area contributed by atoms with Gasteiger partial charge in [-0.2, -0.15) is 13.2 Å². The summed E-state index contributed by atoms with van der Waals surface area (Å²) in [7, 11) is -2.30. The highest BCUT2D eigenvalue weighted by atomic mass is 32.2. The zero-order valence-corrected chi connectivity index (χ0v) is 26.5. The van der Waals surface area contributed by atoms with Gasteiger partial charge >= 0.3 is 18.5 Å². The van der Waals surface area contributed by atoms with Gasteiger partial charge in [-0.25, -0.2) is 8.42 Å². The van der Waals surface area contributed by atoms with Gasteiger partial charge in [0.25, 0.3) is 5.91 Å². The molecule has 260 valence electrons. The van der Waals surface area contributed by atoms with Crippen molar-refractivity contribution in [3.63, 3.8) is 0 Å². The number of ether oxygens (including phenoxy) is 3. The van der Waals surface area contributed by atoms with Gasteiger partial charge in [0.2, 0.25) is 0 Å². The molecule has 0 spiro atoms. The Hall–Kier alpha value is -4.31. The Kier molecular flexibility index (Phi) is 11.3. The summed E-state index contributed by atoms with van der Waals surface area (Å²) in [6.45, 7) is 0.833. The second-order valence-corrected chi connectivity index (χ2v) is 13.2. The Morgan fingerprint density at radius 3 is 2.10 bits per heavy atom. The minimum Gasteiger partial charge on any atom is -0.489 e. The van der Waals surface area contributed by atoms with E-state index in [0.717, 1.165) is 24.3 Å². The van der Waals surface area contributed by atoms with Crippen LogP contribution in [-0.4, -0.2) is 64.8 Å². The monoisotopic (exact) mass is 702 g/mol. The summed E-state index contributed by atoms with van der Waals surface area (Å²) < 4.78 is 117. The Labute approximate surface area is 272 Å². The summed E-state index contributed by atoms with van der Waals surface area (Å²) in [5, 5.41) is 2.73. The molecule has 1 aliphatic rings. The Balaban J connectivity index is 1.50. The molecule has 0 aromatic heterocycles. The van der Waals surface area contributed by atoms with Crippen LogP contribution in [0, 0.1) is 0 Å². The predicted octanol–water partition coefficient (Wildman–Crippen LogP) is 6.10. The van der Waals surface area contributed by atoms with E-state index in [1.807, 2.05) is 0 Å². The zero-order chi connectivity index (χ0) is 35.3. The second kappa shape index (κ2) is 14.8. The van der Waals surface area contributed by atoms with Gasteiger partial charge in [-0.05, 0) is 66.2 Å². The van der Waals surface area contributed by atoms with Crippen LogP contribution in [0.4, 0.5) is 32.0 Å². The van der Waals surface area contributed by atoms with E-state index in [0.29, 0.717) is 11.3 Å². The normalized spacial score (nSPS) is 17.5. The Morgan fingerprint density at radius 1 is 0.938 bits per heavy atom. The number of sulfone groups is 1. The molecule has 3 aromatic rings. The molecule has 1 saturated heterocycles. The van der Waals surface area contributed by atoms with E-state index in [1.165, 1.54) is 62.6 Å². The molecule has 1 amide bonds.